The van der Waals surface area contributed by atoms with Crippen LogP contribution in [0, 0.1) is 0 Å². The molecule has 1 unspecified atom stereocenters. The summed E-state index contributed by atoms with van der Waals surface area (Å²) < 4.78 is 37.6. The average molecular weight is 328 g/mol. The van der Waals surface area contributed by atoms with E-state index in [1.807, 2.05) is 0 Å². The molecule has 1 rings (SSSR count). The van der Waals surface area contributed by atoms with Crippen molar-refractivity contribution in [3.05, 3.63) is 27.7 Å². The number of carboxylic acids is 1. The van der Waals surface area contributed by atoms with E-state index < -0.39 is 35.9 Å². The molecule has 0 spiro atoms. The van der Waals surface area contributed by atoms with Gasteiger partial charge in [0, 0.05) is 6.04 Å². The van der Waals surface area contributed by atoms with Gasteiger partial charge in [-0.1, -0.05) is 0 Å². The molecular weight excluding hydrogens is 319 g/mol. The second kappa shape index (κ2) is 5.15. The van der Waals surface area contributed by atoms with Gasteiger partial charge in [-0.3, -0.25) is 4.79 Å². The Bertz CT molecular complexity index is 476. The summed E-state index contributed by atoms with van der Waals surface area (Å²) in [4.78, 5) is 10.5. The molecule has 0 heterocycles. The highest BCUT2D eigenvalue weighted by Crippen LogP contribution is 2.41. The maximum Gasteiger partial charge on any atom is 0.420 e. The normalized spacial score (nSPS) is 13.4. The van der Waals surface area contributed by atoms with Gasteiger partial charge in [-0.15, -0.1) is 0 Å². The smallest absolute Gasteiger partial charge is 0.420 e. The van der Waals surface area contributed by atoms with E-state index in [1.54, 1.807) is 0 Å². The number of nitrogens with two attached hydrogens (primary N) is 1. The second-order valence-corrected chi connectivity index (χ2v) is 4.46. The molecule has 0 aliphatic carbocycles. The summed E-state index contributed by atoms with van der Waals surface area (Å²) in [5.41, 5.74) is 4.20. The van der Waals surface area contributed by atoms with E-state index in [9.17, 15) is 23.1 Å². The molecule has 1 atom stereocenters. The predicted molar refractivity (Wildman–Crippen MR) is 60.0 cm³/mol. The average Bonchev–Trinajstić information content (AvgIpc) is 2.18. The number of phenols is 1. The van der Waals surface area contributed by atoms with Crippen LogP contribution in [0.1, 0.15) is 23.6 Å². The van der Waals surface area contributed by atoms with E-state index in [0.29, 0.717) is 6.07 Å². The Hall–Kier alpha value is -1.28. The van der Waals surface area contributed by atoms with Gasteiger partial charge in [0.25, 0.3) is 0 Å². The lowest BCUT2D eigenvalue weighted by Crippen LogP contribution is -2.16. The van der Waals surface area contributed by atoms with Crippen LogP contribution in [-0.4, -0.2) is 16.2 Å². The Morgan fingerprint density at radius 1 is 1.44 bits per heavy atom. The highest BCUT2D eigenvalue weighted by molar-refractivity contribution is 9.10. The maximum atomic E-state index is 12.6. The summed E-state index contributed by atoms with van der Waals surface area (Å²) in [6, 6.07) is 0.729. The van der Waals surface area contributed by atoms with Crippen LogP contribution in [0.4, 0.5) is 13.2 Å². The Labute approximate surface area is 108 Å². The Kier molecular flexibility index (Phi) is 4.23. The number of carbonyl (C=O) groups is 1. The van der Waals surface area contributed by atoms with Crippen molar-refractivity contribution < 1.29 is 28.2 Å². The van der Waals surface area contributed by atoms with Crippen molar-refractivity contribution in [3.63, 3.8) is 0 Å². The van der Waals surface area contributed by atoms with Crippen LogP contribution >= 0.6 is 15.9 Å². The zero-order valence-electron chi connectivity index (χ0n) is 8.83. The molecule has 8 heteroatoms. The summed E-state index contributed by atoms with van der Waals surface area (Å²) >= 11 is 2.77. The topological polar surface area (TPSA) is 83.6 Å². The fourth-order valence-electron chi connectivity index (χ4n) is 1.36. The maximum absolute atomic E-state index is 12.6. The third-order valence-electron chi connectivity index (χ3n) is 2.21. The van der Waals surface area contributed by atoms with Gasteiger partial charge in [-0.25, -0.2) is 0 Å². The molecule has 100 valence electrons. The van der Waals surface area contributed by atoms with Crippen LogP contribution in [0.25, 0.3) is 0 Å². The first kappa shape index (κ1) is 14.8. The number of phenolic OH excluding ortho intramolecular Hbond substituents is 1. The predicted octanol–water partition coefficient (Wildman–Crippen LogP) is 2.65. The Morgan fingerprint density at radius 3 is 2.44 bits per heavy atom. The molecule has 18 heavy (non-hydrogen) atoms. The molecular formula is C10H9BrF3NO3. The summed E-state index contributed by atoms with van der Waals surface area (Å²) in [6.07, 6.45) is -5.25. The fraction of sp³-hybridized carbons (Fsp3) is 0.300. The molecule has 1 aromatic rings. The molecule has 0 amide bonds. The third kappa shape index (κ3) is 3.36. The number of benzene rings is 1. The SMILES string of the molecule is NC(CC(=O)O)c1cc(Br)c(O)c(C(F)(F)F)c1. The van der Waals surface area contributed by atoms with Gasteiger partial charge in [-0.05, 0) is 33.6 Å². The van der Waals surface area contributed by atoms with Gasteiger partial charge in [0.15, 0.2) is 0 Å². The van der Waals surface area contributed by atoms with E-state index >= 15 is 0 Å². The lowest BCUT2D eigenvalue weighted by atomic mass is 10.0. The molecule has 0 bridgehead atoms. The number of alkyl halides is 3. The van der Waals surface area contributed by atoms with Gasteiger partial charge in [0.1, 0.15) is 5.75 Å². The summed E-state index contributed by atoms with van der Waals surface area (Å²) in [7, 11) is 0. The number of rotatable bonds is 3. The van der Waals surface area contributed by atoms with Gasteiger partial charge in [-0.2, -0.15) is 13.2 Å². The first-order valence-corrected chi connectivity index (χ1v) is 5.49. The number of carboxylic acid groups (broad SMARTS) is 1. The molecule has 1 aromatic carbocycles. The number of hydrogen-bond donors (Lipinski definition) is 3. The zero-order chi connectivity index (χ0) is 14.1. The number of aliphatic carboxylic acids is 1. The number of hydrogen-bond acceptors (Lipinski definition) is 3. The first-order valence-electron chi connectivity index (χ1n) is 4.70. The van der Waals surface area contributed by atoms with Crippen LogP contribution in [0.15, 0.2) is 16.6 Å². The largest absolute Gasteiger partial charge is 0.506 e. The van der Waals surface area contributed by atoms with Crippen molar-refractivity contribution in [1.82, 2.24) is 0 Å². The van der Waals surface area contributed by atoms with Gasteiger partial charge in [0.05, 0.1) is 16.5 Å². The lowest BCUT2D eigenvalue weighted by molar-refractivity contribution is -0.139. The minimum Gasteiger partial charge on any atom is -0.506 e. The molecule has 0 aliphatic heterocycles. The Balaban J connectivity index is 3.24. The molecule has 4 nitrogen and oxygen atoms in total. The fourth-order valence-corrected chi connectivity index (χ4v) is 1.83. The Morgan fingerprint density at radius 2 is 2.00 bits per heavy atom. The van der Waals surface area contributed by atoms with Crippen molar-refractivity contribution in [3.8, 4) is 5.75 Å². The molecule has 0 saturated heterocycles. The van der Waals surface area contributed by atoms with Gasteiger partial charge in [0.2, 0.25) is 0 Å². The second-order valence-electron chi connectivity index (χ2n) is 3.60. The van der Waals surface area contributed by atoms with E-state index in [0.717, 1.165) is 6.07 Å². The van der Waals surface area contributed by atoms with Crippen molar-refractivity contribution in [1.29, 1.82) is 0 Å². The van der Waals surface area contributed by atoms with Gasteiger partial charge < -0.3 is 15.9 Å². The highest BCUT2D eigenvalue weighted by atomic mass is 79.9. The van der Waals surface area contributed by atoms with Crippen molar-refractivity contribution in [2.75, 3.05) is 0 Å². The molecule has 0 fully saturated rings. The first-order chi connectivity index (χ1) is 8.12. The molecule has 0 aromatic heterocycles. The monoisotopic (exact) mass is 327 g/mol. The van der Waals surface area contributed by atoms with Crippen LogP contribution in [0.5, 0.6) is 5.75 Å². The van der Waals surface area contributed by atoms with Crippen molar-refractivity contribution in [2.45, 2.75) is 18.6 Å². The minimum absolute atomic E-state index is 0.0191. The summed E-state index contributed by atoms with van der Waals surface area (Å²) in [5, 5.41) is 17.8. The van der Waals surface area contributed by atoms with Crippen LogP contribution < -0.4 is 5.73 Å². The number of aromatic hydroxyl groups is 1. The van der Waals surface area contributed by atoms with Gasteiger partial charge >= 0.3 is 12.1 Å². The van der Waals surface area contributed by atoms with Crippen LogP contribution in [0.2, 0.25) is 0 Å². The van der Waals surface area contributed by atoms with E-state index in [2.05, 4.69) is 15.9 Å². The summed E-state index contributed by atoms with van der Waals surface area (Å²) in [5.74, 6) is -2.17. The molecule has 0 saturated carbocycles. The highest BCUT2D eigenvalue weighted by Gasteiger charge is 2.35. The molecule has 0 aliphatic rings. The zero-order valence-corrected chi connectivity index (χ0v) is 10.4. The molecule has 4 N–H and O–H groups in total. The third-order valence-corrected chi connectivity index (χ3v) is 2.82. The van der Waals surface area contributed by atoms with Crippen molar-refractivity contribution >= 4 is 21.9 Å². The van der Waals surface area contributed by atoms with E-state index in [4.69, 9.17) is 10.8 Å². The number of halogens is 4. The van der Waals surface area contributed by atoms with Crippen LogP contribution in [0.3, 0.4) is 0 Å². The van der Waals surface area contributed by atoms with E-state index in [-0.39, 0.29) is 10.0 Å². The lowest BCUT2D eigenvalue weighted by Gasteiger charge is -2.15. The quantitative estimate of drug-likeness (QED) is 0.796. The van der Waals surface area contributed by atoms with E-state index in [1.165, 1.54) is 0 Å². The summed E-state index contributed by atoms with van der Waals surface area (Å²) in [6.45, 7) is 0. The van der Waals surface area contributed by atoms with Crippen molar-refractivity contribution in [2.24, 2.45) is 5.73 Å². The molecule has 0 radical (unpaired) electrons. The standard InChI is InChI=1S/C10H9BrF3NO3/c11-6-2-4(7(15)3-8(16)17)1-5(9(6)18)10(12,13)14/h1-2,7,18H,3,15H2,(H,16,17). The minimum atomic E-state index is -4.74. The van der Waals surface area contributed by atoms with Crippen LogP contribution in [-0.2, 0) is 11.0 Å².